The van der Waals surface area contributed by atoms with Crippen LogP contribution in [0.5, 0.6) is 0 Å². The number of carbonyl (C=O) groups is 1. The van der Waals surface area contributed by atoms with Crippen molar-refractivity contribution in [2.24, 2.45) is 17.8 Å². The van der Waals surface area contributed by atoms with Crippen LogP contribution >= 0.6 is 0 Å². The molecule has 3 rings (SSSR count). The molecule has 2 fully saturated rings. The van der Waals surface area contributed by atoms with Gasteiger partial charge >= 0.3 is 0 Å². The number of amides is 1. The summed E-state index contributed by atoms with van der Waals surface area (Å²) < 4.78 is 0. The highest BCUT2D eigenvalue weighted by atomic mass is 16.1. The lowest BCUT2D eigenvalue weighted by atomic mass is 9.98. The molecule has 0 unspecified atom stereocenters. The highest BCUT2D eigenvalue weighted by Crippen LogP contribution is 2.48. The Balaban J connectivity index is 1.60. The van der Waals surface area contributed by atoms with Crippen molar-refractivity contribution >= 4 is 11.6 Å². The van der Waals surface area contributed by atoms with Crippen molar-refractivity contribution in [2.45, 2.75) is 32.6 Å². The van der Waals surface area contributed by atoms with E-state index in [4.69, 9.17) is 0 Å². The van der Waals surface area contributed by atoms with E-state index in [1.54, 1.807) is 18.5 Å². The Morgan fingerprint density at radius 3 is 2.65 bits per heavy atom. The fourth-order valence-corrected chi connectivity index (χ4v) is 3.00. The predicted molar refractivity (Wildman–Crippen MR) is 79.7 cm³/mol. The van der Waals surface area contributed by atoms with E-state index in [1.807, 2.05) is 6.92 Å². The number of hydrogen-bond acceptors (Lipinski definition) is 3. The molecule has 2 N–H and O–H groups in total. The largest absolute Gasteiger partial charge is 0.383 e. The lowest BCUT2D eigenvalue weighted by Gasteiger charge is -2.17. The molecule has 4 heteroatoms. The number of carbonyl (C=O) groups excluding carboxylic acids is 1. The summed E-state index contributed by atoms with van der Waals surface area (Å²) in [7, 11) is 0. The average molecular weight is 273 g/mol. The minimum atomic E-state index is 0.0228. The highest BCUT2D eigenvalue weighted by Gasteiger charge is 2.41. The molecule has 1 aromatic rings. The second kappa shape index (κ2) is 5.81. The molecule has 1 heterocycles. The Bertz CT molecular complexity index is 468. The Hall–Kier alpha value is -1.58. The Morgan fingerprint density at radius 2 is 2.05 bits per heavy atom. The topological polar surface area (TPSA) is 54.0 Å². The third kappa shape index (κ3) is 3.11. The minimum absolute atomic E-state index is 0.0228. The molecule has 2 aliphatic rings. The van der Waals surface area contributed by atoms with Gasteiger partial charge in [-0.1, -0.05) is 0 Å². The van der Waals surface area contributed by atoms with Crippen LogP contribution in [0.3, 0.4) is 0 Å². The number of hydrogen-bond donors (Lipinski definition) is 2. The van der Waals surface area contributed by atoms with Crippen molar-refractivity contribution in [1.82, 2.24) is 10.3 Å². The molecule has 0 atom stereocenters. The normalized spacial score (nSPS) is 18.1. The van der Waals surface area contributed by atoms with E-state index in [1.165, 1.54) is 25.7 Å². The number of anilines is 1. The van der Waals surface area contributed by atoms with Gasteiger partial charge in [-0.2, -0.15) is 0 Å². The first-order valence-corrected chi connectivity index (χ1v) is 7.75. The minimum Gasteiger partial charge on any atom is -0.383 e. The molecule has 0 spiro atoms. The molecule has 1 aromatic heterocycles. The molecular weight excluding hydrogens is 250 g/mol. The molecule has 4 nitrogen and oxygen atoms in total. The van der Waals surface area contributed by atoms with Gasteiger partial charge in [0.25, 0.3) is 5.91 Å². The summed E-state index contributed by atoms with van der Waals surface area (Å²) in [5, 5.41) is 6.33. The quantitative estimate of drug-likeness (QED) is 0.803. The van der Waals surface area contributed by atoms with Gasteiger partial charge < -0.3 is 10.6 Å². The van der Waals surface area contributed by atoms with Crippen LogP contribution in [0.25, 0.3) is 0 Å². The molecule has 0 aliphatic heterocycles. The van der Waals surface area contributed by atoms with Crippen LogP contribution in [0.15, 0.2) is 18.5 Å². The molecule has 1 amide bonds. The Labute approximate surface area is 120 Å². The summed E-state index contributed by atoms with van der Waals surface area (Å²) in [4.78, 5) is 16.4. The number of nitrogens with one attached hydrogen (secondary N) is 2. The SMILES string of the molecule is CCNc1cnccc1C(=O)NCC(C1CC1)C1CC1. The monoisotopic (exact) mass is 273 g/mol. The van der Waals surface area contributed by atoms with Gasteiger partial charge in [-0.3, -0.25) is 9.78 Å². The molecule has 0 saturated heterocycles. The third-order valence-electron chi connectivity index (χ3n) is 4.39. The molecule has 20 heavy (non-hydrogen) atoms. The van der Waals surface area contributed by atoms with Gasteiger partial charge in [-0.25, -0.2) is 0 Å². The van der Waals surface area contributed by atoms with Crippen molar-refractivity contribution in [3.05, 3.63) is 24.0 Å². The number of nitrogens with zero attached hydrogens (tertiary/aromatic N) is 1. The van der Waals surface area contributed by atoms with E-state index in [9.17, 15) is 4.79 Å². The van der Waals surface area contributed by atoms with Gasteiger partial charge in [0, 0.05) is 19.3 Å². The maximum Gasteiger partial charge on any atom is 0.253 e. The summed E-state index contributed by atoms with van der Waals surface area (Å²) in [6.07, 6.45) is 8.82. The lowest BCUT2D eigenvalue weighted by molar-refractivity contribution is 0.0944. The predicted octanol–water partition coefficient (Wildman–Crippen LogP) is 2.68. The van der Waals surface area contributed by atoms with E-state index in [2.05, 4.69) is 15.6 Å². The van der Waals surface area contributed by atoms with Crippen LogP contribution in [0.2, 0.25) is 0 Å². The summed E-state index contributed by atoms with van der Waals surface area (Å²) >= 11 is 0. The lowest BCUT2D eigenvalue weighted by Crippen LogP contribution is -2.31. The van der Waals surface area contributed by atoms with E-state index < -0.39 is 0 Å². The molecule has 0 aromatic carbocycles. The van der Waals surface area contributed by atoms with Gasteiger partial charge in [-0.15, -0.1) is 0 Å². The second-order valence-electron chi connectivity index (χ2n) is 6.00. The average Bonchev–Trinajstić information content (AvgIpc) is 3.33. The van der Waals surface area contributed by atoms with Crippen LogP contribution in [0, 0.1) is 17.8 Å². The first kappa shape index (κ1) is 13.4. The molecule has 2 aliphatic carbocycles. The summed E-state index contributed by atoms with van der Waals surface area (Å²) in [5.41, 5.74) is 1.52. The summed E-state index contributed by atoms with van der Waals surface area (Å²) in [6.45, 7) is 3.64. The van der Waals surface area contributed by atoms with Gasteiger partial charge in [-0.05, 0) is 56.4 Å². The standard InChI is InChI=1S/C16H23N3O/c1-2-18-15-10-17-8-7-13(15)16(20)19-9-14(11-3-4-11)12-5-6-12/h7-8,10-12,14,18H,2-6,9H2,1H3,(H,19,20). The summed E-state index contributed by atoms with van der Waals surface area (Å²) in [6, 6.07) is 1.79. The number of aromatic nitrogens is 1. The van der Waals surface area contributed by atoms with Crippen molar-refractivity contribution in [3.63, 3.8) is 0 Å². The van der Waals surface area contributed by atoms with Gasteiger partial charge in [0.05, 0.1) is 17.4 Å². The Kier molecular flexibility index (Phi) is 3.90. The highest BCUT2D eigenvalue weighted by molar-refractivity contribution is 5.99. The van der Waals surface area contributed by atoms with Crippen molar-refractivity contribution < 1.29 is 4.79 Å². The third-order valence-corrected chi connectivity index (χ3v) is 4.39. The maximum atomic E-state index is 12.4. The molecule has 0 bridgehead atoms. The van der Waals surface area contributed by atoms with Gasteiger partial charge in [0.15, 0.2) is 0 Å². The van der Waals surface area contributed by atoms with Crippen LogP contribution in [0.4, 0.5) is 5.69 Å². The zero-order chi connectivity index (χ0) is 13.9. The summed E-state index contributed by atoms with van der Waals surface area (Å²) in [5.74, 6) is 2.47. The zero-order valence-corrected chi connectivity index (χ0v) is 12.1. The van der Waals surface area contributed by atoms with E-state index in [0.717, 1.165) is 30.6 Å². The van der Waals surface area contributed by atoms with Gasteiger partial charge in [0.2, 0.25) is 0 Å². The van der Waals surface area contributed by atoms with Crippen LogP contribution in [0.1, 0.15) is 43.0 Å². The molecule has 108 valence electrons. The van der Waals surface area contributed by atoms with E-state index in [0.29, 0.717) is 11.5 Å². The van der Waals surface area contributed by atoms with E-state index >= 15 is 0 Å². The van der Waals surface area contributed by atoms with Crippen molar-refractivity contribution in [1.29, 1.82) is 0 Å². The van der Waals surface area contributed by atoms with Crippen LogP contribution in [-0.2, 0) is 0 Å². The first-order valence-electron chi connectivity index (χ1n) is 7.75. The fraction of sp³-hybridized carbons (Fsp3) is 0.625. The molecular formula is C16H23N3O. The van der Waals surface area contributed by atoms with Crippen LogP contribution < -0.4 is 10.6 Å². The smallest absolute Gasteiger partial charge is 0.253 e. The van der Waals surface area contributed by atoms with E-state index in [-0.39, 0.29) is 5.91 Å². The molecule has 0 radical (unpaired) electrons. The van der Waals surface area contributed by atoms with Crippen molar-refractivity contribution in [3.8, 4) is 0 Å². The second-order valence-corrected chi connectivity index (χ2v) is 6.00. The van der Waals surface area contributed by atoms with Gasteiger partial charge in [0.1, 0.15) is 0 Å². The van der Waals surface area contributed by atoms with Crippen molar-refractivity contribution in [2.75, 3.05) is 18.4 Å². The number of rotatable bonds is 7. The zero-order valence-electron chi connectivity index (χ0n) is 12.1. The Morgan fingerprint density at radius 1 is 1.35 bits per heavy atom. The fourth-order valence-electron chi connectivity index (χ4n) is 3.00. The first-order chi connectivity index (χ1) is 9.79. The molecule has 2 saturated carbocycles. The maximum absolute atomic E-state index is 12.4. The number of pyridine rings is 1. The van der Waals surface area contributed by atoms with Crippen LogP contribution in [-0.4, -0.2) is 24.0 Å².